The molecule has 2 fully saturated rings. The lowest BCUT2D eigenvalue weighted by molar-refractivity contribution is 0.254. The third-order valence-electron chi connectivity index (χ3n) is 4.45. The summed E-state index contributed by atoms with van der Waals surface area (Å²) in [4.78, 5) is 13.9. The van der Waals surface area contributed by atoms with Gasteiger partial charge in [-0.2, -0.15) is 4.98 Å². The molecule has 0 amide bonds. The van der Waals surface area contributed by atoms with Gasteiger partial charge in [0.2, 0.25) is 5.95 Å². The van der Waals surface area contributed by atoms with Crippen molar-refractivity contribution in [2.45, 2.75) is 38.3 Å². The fourth-order valence-electron chi connectivity index (χ4n) is 3.29. The molecule has 2 atom stereocenters. The van der Waals surface area contributed by atoms with Gasteiger partial charge in [-0.1, -0.05) is 0 Å². The van der Waals surface area contributed by atoms with Crippen molar-refractivity contribution in [3.8, 4) is 0 Å². The topological polar surface area (TPSA) is 44.3 Å². The quantitative estimate of drug-likeness (QED) is 0.895. The van der Waals surface area contributed by atoms with Crippen LogP contribution in [0.4, 0.5) is 11.8 Å². The average Bonchev–Trinajstić information content (AvgIpc) is 2.64. The number of hydrogen-bond acceptors (Lipinski definition) is 5. The molecule has 1 N–H and O–H groups in total. The molecule has 0 spiro atoms. The van der Waals surface area contributed by atoms with Crippen LogP contribution in [-0.4, -0.2) is 53.6 Å². The molecular formula is C14H23N5. The van der Waals surface area contributed by atoms with Crippen LogP contribution in [0.15, 0.2) is 12.3 Å². The summed E-state index contributed by atoms with van der Waals surface area (Å²) in [6.07, 6.45) is 5.78. The van der Waals surface area contributed by atoms with E-state index in [-0.39, 0.29) is 0 Å². The van der Waals surface area contributed by atoms with E-state index >= 15 is 0 Å². The highest BCUT2D eigenvalue weighted by Crippen LogP contribution is 2.30. The largest absolute Gasteiger partial charge is 0.355 e. The molecule has 0 radical (unpaired) electrons. The summed E-state index contributed by atoms with van der Waals surface area (Å²) in [5.74, 6) is 1.80. The van der Waals surface area contributed by atoms with Gasteiger partial charge in [-0.25, -0.2) is 4.98 Å². The summed E-state index contributed by atoms with van der Waals surface area (Å²) in [6.45, 7) is 5.12. The van der Waals surface area contributed by atoms with Crippen molar-refractivity contribution in [1.82, 2.24) is 14.9 Å². The third-order valence-corrected chi connectivity index (χ3v) is 4.45. The minimum atomic E-state index is 0.685. The molecule has 2 unspecified atom stereocenters. The number of nitrogens with zero attached hydrogens (tertiary/aromatic N) is 4. The molecule has 2 aliphatic heterocycles. The lowest BCUT2D eigenvalue weighted by Crippen LogP contribution is -2.37. The van der Waals surface area contributed by atoms with Crippen molar-refractivity contribution in [3.63, 3.8) is 0 Å². The predicted octanol–water partition coefficient (Wildman–Crippen LogP) is 1.58. The standard InChI is InChI=1S/C14H23N5/c1-3-15-14-16-8-6-13(17-14)19-9-7-11-4-5-12(10-19)18(11)2/h6,8,11-12H,3-5,7,9-10H2,1-2H3,(H,15,16,17). The Kier molecular flexibility index (Phi) is 3.55. The van der Waals surface area contributed by atoms with Gasteiger partial charge in [-0.15, -0.1) is 0 Å². The Morgan fingerprint density at radius 1 is 1.32 bits per heavy atom. The van der Waals surface area contributed by atoms with E-state index in [0.717, 1.165) is 37.4 Å². The molecule has 5 nitrogen and oxygen atoms in total. The molecular weight excluding hydrogens is 238 g/mol. The molecule has 0 aliphatic carbocycles. The Morgan fingerprint density at radius 3 is 3.00 bits per heavy atom. The van der Waals surface area contributed by atoms with Crippen molar-refractivity contribution in [2.75, 3.05) is 36.9 Å². The van der Waals surface area contributed by atoms with E-state index in [4.69, 9.17) is 0 Å². The van der Waals surface area contributed by atoms with Crippen LogP contribution in [0, 0.1) is 0 Å². The van der Waals surface area contributed by atoms with Gasteiger partial charge in [0.25, 0.3) is 0 Å². The van der Waals surface area contributed by atoms with E-state index in [2.05, 4.69) is 39.1 Å². The first kappa shape index (κ1) is 12.7. The number of likely N-dealkylation sites (N-methyl/N-ethyl adjacent to an activating group) is 1. The summed E-state index contributed by atoms with van der Waals surface area (Å²) in [5, 5.41) is 3.19. The Bertz CT molecular complexity index is 436. The zero-order valence-electron chi connectivity index (χ0n) is 11.8. The van der Waals surface area contributed by atoms with Gasteiger partial charge in [0.05, 0.1) is 0 Å². The molecule has 2 aliphatic rings. The van der Waals surface area contributed by atoms with Gasteiger partial charge in [0, 0.05) is 37.9 Å². The smallest absolute Gasteiger partial charge is 0.224 e. The van der Waals surface area contributed by atoms with Crippen molar-refractivity contribution in [1.29, 1.82) is 0 Å². The molecule has 0 saturated carbocycles. The Hall–Kier alpha value is -1.36. The minimum absolute atomic E-state index is 0.685. The van der Waals surface area contributed by atoms with Crippen LogP contribution in [-0.2, 0) is 0 Å². The lowest BCUT2D eigenvalue weighted by atomic mass is 10.1. The summed E-state index contributed by atoms with van der Waals surface area (Å²) in [6, 6.07) is 3.48. The zero-order chi connectivity index (χ0) is 13.2. The summed E-state index contributed by atoms with van der Waals surface area (Å²) in [7, 11) is 2.27. The van der Waals surface area contributed by atoms with Gasteiger partial charge >= 0.3 is 0 Å². The lowest BCUT2D eigenvalue weighted by Gasteiger charge is -2.26. The molecule has 3 rings (SSSR count). The maximum absolute atomic E-state index is 4.62. The normalized spacial score (nSPS) is 27.4. The SMILES string of the molecule is CCNc1nccc(N2CCC3CCC(C2)N3C)n1. The molecule has 1 aromatic rings. The summed E-state index contributed by atoms with van der Waals surface area (Å²) < 4.78 is 0. The summed E-state index contributed by atoms with van der Waals surface area (Å²) in [5.41, 5.74) is 0. The number of anilines is 2. The fraction of sp³-hybridized carbons (Fsp3) is 0.714. The van der Waals surface area contributed by atoms with Crippen LogP contribution in [0.2, 0.25) is 0 Å². The van der Waals surface area contributed by atoms with Crippen LogP contribution in [0.5, 0.6) is 0 Å². The first-order valence-corrected chi connectivity index (χ1v) is 7.31. The van der Waals surface area contributed by atoms with E-state index in [9.17, 15) is 0 Å². The Labute approximate surface area is 115 Å². The van der Waals surface area contributed by atoms with Gasteiger partial charge in [0.15, 0.2) is 0 Å². The van der Waals surface area contributed by atoms with Crippen LogP contribution in [0.3, 0.4) is 0 Å². The highest BCUT2D eigenvalue weighted by atomic mass is 15.3. The van der Waals surface area contributed by atoms with Crippen molar-refractivity contribution in [3.05, 3.63) is 12.3 Å². The highest BCUT2D eigenvalue weighted by molar-refractivity contribution is 5.43. The van der Waals surface area contributed by atoms with Gasteiger partial charge in [-0.3, -0.25) is 4.90 Å². The van der Waals surface area contributed by atoms with E-state index in [1.807, 2.05) is 12.3 Å². The second kappa shape index (κ2) is 5.33. The highest BCUT2D eigenvalue weighted by Gasteiger charge is 2.34. The van der Waals surface area contributed by atoms with Crippen LogP contribution in [0.25, 0.3) is 0 Å². The first-order chi connectivity index (χ1) is 9.28. The average molecular weight is 261 g/mol. The van der Waals surface area contributed by atoms with Crippen LogP contribution < -0.4 is 10.2 Å². The van der Waals surface area contributed by atoms with Crippen LogP contribution in [0.1, 0.15) is 26.2 Å². The fourth-order valence-corrected chi connectivity index (χ4v) is 3.29. The maximum Gasteiger partial charge on any atom is 0.224 e. The van der Waals surface area contributed by atoms with Gasteiger partial charge < -0.3 is 10.2 Å². The minimum Gasteiger partial charge on any atom is -0.355 e. The number of fused-ring (bicyclic) bond motifs is 2. The Balaban J connectivity index is 1.77. The van der Waals surface area contributed by atoms with E-state index in [0.29, 0.717) is 6.04 Å². The zero-order valence-corrected chi connectivity index (χ0v) is 11.8. The number of nitrogens with one attached hydrogen (secondary N) is 1. The monoisotopic (exact) mass is 261 g/mol. The van der Waals surface area contributed by atoms with Gasteiger partial charge in [-0.05, 0) is 39.3 Å². The second-order valence-electron chi connectivity index (χ2n) is 5.55. The number of rotatable bonds is 3. The predicted molar refractivity (Wildman–Crippen MR) is 77.6 cm³/mol. The third kappa shape index (κ3) is 2.52. The molecule has 19 heavy (non-hydrogen) atoms. The summed E-state index contributed by atoms with van der Waals surface area (Å²) >= 11 is 0. The van der Waals surface area contributed by atoms with Crippen molar-refractivity contribution < 1.29 is 0 Å². The molecule has 2 bridgehead atoms. The van der Waals surface area contributed by atoms with Gasteiger partial charge in [0.1, 0.15) is 5.82 Å². The molecule has 5 heteroatoms. The molecule has 2 saturated heterocycles. The maximum atomic E-state index is 4.62. The van der Waals surface area contributed by atoms with Crippen molar-refractivity contribution in [2.24, 2.45) is 0 Å². The second-order valence-corrected chi connectivity index (χ2v) is 5.55. The number of hydrogen-bond donors (Lipinski definition) is 1. The molecule has 0 aromatic carbocycles. The van der Waals surface area contributed by atoms with E-state index < -0.39 is 0 Å². The molecule has 104 valence electrons. The van der Waals surface area contributed by atoms with Crippen molar-refractivity contribution >= 4 is 11.8 Å². The number of aromatic nitrogens is 2. The van der Waals surface area contributed by atoms with Crippen LogP contribution >= 0.6 is 0 Å². The molecule has 3 heterocycles. The van der Waals surface area contributed by atoms with E-state index in [1.165, 1.54) is 19.3 Å². The molecule has 1 aromatic heterocycles. The Morgan fingerprint density at radius 2 is 2.16 bits per heavy atom. The van der Waals surface area contributed by atoms with E-state index in [1.54, 1.807) is 0 Å². The first-order valence-electron chi connectivity index (χ1n) is 7.31.